The number of allylic oxidation sites excluding steroid dienone is 2. The molecule has 30 heavy (non-hydrogen) atoms. The molecule has 4 aromatic rings. The number of nitrogen functional groups attached to an aromatic ring is 1. The van der Waals surface area contributed by atoms with Gasteiger partial charge in [0.1, 0.15) is 11.8 Å². The number of fused-ring (bicyclic) bond motifs is 2. The number of pyridine rings is 1. The number of nitrogens with zero attached hydrogens (tertiary/aromatic N) is 4. The van der Waals surface area contributed by atoms with E-state index in [1.165, 1.54) is 0 Å². The minimum atomic E-state index is -0.418. The fourth-order valence-electron chi connectivity index (χ4n) is 4.60. The molecule has 6 rings (SSSR count). The second kappa shape index (κ2) is 6.28. The Labute approximate surface area is 171 Å². The molecule has 0 fully saturated rings. The molecule has 0 unspecified atom stereocenters. The van der Waals surface area contributed by atoms with Gasteiger partial charge >= 0.3 is 0 Å². The number of anilines is 2. The molecule has 3 N–H and O–H groups in total. The third kappa shape index (κ3) is 2.46. The maximum atomic E-state index is 13.4. The molecule has 4 heterocycles. The van der Waals surface area contributed by atoms with Crippen molar-refractivity contribution in [2.45, 2.75) is 24.8 Å². The van der Waals surface area contributed by atoms with Crippen molar-refractivity contribution in [1.82, 2.24) is 19.7 Å². The monoisotopic (exact) mass is 398 g/mol. The fourth-order valence-corrected chi connectivity index (χ4v) is 4.60. The Hall–Kier alpha value is -3.94. The Kier molecular flexibility index (Phi) is 3.55. The zero-order chi connectivity index (χ0) is 20.2. The topological polar surface area (TPSA) is 112 Å². The summed E-state index contributed by atoms with van der Waals surface area (Å²) in [5, 5.41) is 8.68. The molecule has 1 aromatic carbocycles. The second-order valence-electron chi connectivity index (χ2n) is 7.62. The molecule has 0 saturated heterocycles. The SMILES string of the molecule is Nc1nc2n(n1)[C@H](c1ccnc3ccccc13)C1=C(C[C@@H](c3ccco3)CC1=O)N2. The van der Waals surface area contributed by atoms with Crippen LogP contribution >= 0.6 is 0 Å². The number of Topliss-reactive ketones (excluding diaryl/α,β-unsaturated/α-hetero) is 1. The van der Waals surface area contributed by atoms with Gasteiger partial charge in [0.05, 0.1) is 11.8 Å². The van der Waals surface area contributed by atoms with E-state index in [0.717, 1.165) is 27.9 Å². The van der Waals surface area contributed by atoms with Crippen molar-refractivity contribution in [2.24, 2.45) is 0 Å². The first-order valence-electron chi connectivity index (χ1n) is 9.81. The van der Waals surface area contributed by atoms with E-state index >= 15 is 0 Å². The predicted octanol–water partition coefficient (Wildman–Crippen LogP) is 3.42. The number of nitrogens with two attached hydrogens (primary N) is 1. The molecular formula is C22H18N6O2. The summed E-state index contributed by atoms with van der Waals surface area (Å²) in [6.45, 7) is 0. The van der Waals surface area contributed by atoms with Crippen molar-refractivity contribution in [3.8, 4) is 0 Å². The highest BCUT2D eigenvalue weighted by Crippen LogP contribution is 2.45. The molecule has 2 aliphatic rings. The quantitative estimate of drug-likeness (QED) is 0.532. The first-order chi connectivity index (χ1) is 14.7. The Balaban J connectivity index is 1.56. The van der Waals surface area contributed by atoms with E-state index in [4.69, 9.17) is 10.2 Å². The summed E-state index contributed by atoms with van der Waals surface area (Å²) < 4.78 is 7.29. The molecular weight excluding hydrogens is 380 g/mol. The third-order valence-electron chi connectivity index (χ3n) is 5.86. The number of ketones is 1. The van der Waals surface area contributed by atoms with Crippen molar-refractivity contribution in [2.75, 3.05) is 11.1 Å². The van der Waals surface area contributed by atoms with Crippen LogP contribution in [0, 0.1) is 0 Å². The van der Waals surface area contributed by atoms with E-state index in [-0.39, 0.29) is 17.6 Å². The van der Waals surface area contributed by atoms with Crippen LogP contribution in [0.25, 0.3) is 10.9 Å². The summed E-state index contributed by atoms with van der Waals surface area (Å²) in [6, 6.07) is 13.2. The normalized spacial score (nSPS) is 20.7. The van der Waals surface area contributed by atoms with E-state index in [1.54, 1.807) is 17.1 Å². The minimum absolute atomic E-state index is 0.0135. The van der Waals surface area contributed by atoms with E-state index in [2.05, 4.69) is 20.4 Å². The number of carbonyl (C=O) groups excluding carboxylic acids is 1. The smallest absolute Gasteiger partial charge is 0.241 e. The molecule has 0 spiro atoms. The Morgan fingerprint density at radius 3 is 2.90 bits per heavy atom. The molecule has 1 aliphatic carbocycles. The van der Waals surface area contributed by atoms with Gasteiger partial charge in [0.15, 0.2) is 5.78 Å². The number of aromatic nitrogens is 4. The lowest BCUT2D eigenvalue weighted by Gasteiger charge is -2.34. The summed E-state index contributed by atoms with van der Waals surface area (Å²) in [5.74, 6) is 1.56. The van der Waals surface area contributed by atoms with Crippen molar-refractivity contribution >= 4 is 28.6 Å². The molecule has 0 saturated carbocycles. The zero-order valence-electron chi connectivity index (χ0n) is 15.9. The molecule has 2 atom stereocenters. The van der Waals surface area contributed by atoms with Gasteiger partial charge in [0, 0.05) is 35.2 Å². The molecule has 8 heteroatoms. The number of benzene rings is 1. The van der Waals surface area contributed by atoms with Gasteiger partial charge in [-0.25, -0.2) is 4.68 Å². The van der Waals surface area contributed by atoms with Gasteiger partial charge in [-0.1, -0.05) is 18.2 Å². The van der Waals surface area contributed by atoms with Crippen LogP contribution in [-0.2, 0) is 4.79 Å². The molecule has 8 nitrogen and oxygen atoms in total. The van der Waals surface area contributed by atoms with Gasteiger partial charge in [-0.3, -0.25) is 9.78 Å². The van der Waals surface area contributed by atoms with E-state index in [9.17, 15) is 4.79 Å². The largest absolute Gasteiger partial charge is 0.469 e. The molecule has 148 valence electrons. The van der Waals surface area contributed by atoms with Crippen LogP contribution in [0.1, 0.15) is 36.1 Å². The van der Waals surface area contributed by atoms with Crippen LogP contribution < -0.4 is 11.1 Å². The molecule has 0 bridgehead atoms. The molecule has 1 aliphatic heterocycles. The molecule has 3 aromatic heterocycles. The number of rotatable bonds is 2. The van der Waals surface area contributed by atoms with Crippen LogP contribution in [-0.4, -0.2) is 25.5 Å². The Morgan fingerprint density at radius 1 is 1.13 bits per heavy atom. The highest BCUT2D eigenvalue weighted by atomic mass is 16.3. The van der Waals surface area contributed by atoms with Gasteiger partial charge in [-0.2, -0.15) is 4.98 Å². The standard InChI is InChI=1S/C22H18N6O2/c23-21-26-22-25-16-10-12(18-6-3-9-30-18)11-17(29)19(16)20(28(22)27-21)14-7-8-24-15-5-2-1-4-13(14)15/h1-9,12,20H,10-11H2,(H3,23,25,26,27)/t12-,20-/m1/s1. The lowest BCUT2D eigenvalue weighted by Crippen LogP contribution is -2.33. The van der Waals surface area contributed by atoms with Crippen molar-refractivity contribution < 1.29 is 9.21 Å². The summed E-state index contributed by atoms with van der Waals surface area (Å²) in [7, 11) is 0. The summed E-state index contributed by atoms with van der Waals surface area (Å²) in [6.07, 6.45) is 4.44. The van der Waals surface area contributed by atoms with Crippen LogP contribution in [0.3, 0.4) is 0 Å². The van der Waals surface area contributed by atoms with E-state index < -0.39 is 6.04 Å². The first kappa shape index (κ1) is 17.0. The number of carbonyl (C=O) groups is 1. The van der Waals surface area contributed by atoms with E-state index in [1.807, 2.05) is 42.5 Å². The van der Waals surface area contributed by atoms with Crippen molar-refractivity contribution in [3.05, 3.63) is 77.5 Å². The van der Waals surface area contributed by atoms with Gasteiger partial charge < -0.3 is 15.5 Å². The lowest BCUT2D eigenvalue weighted by atomic mass is 9.79. The highest BCUT2D eigenvalue weighted by Gasteiger charge is 2.40. The maximum Gasteiger partial charge on any atom is 0.241 e. The van der Waals surface area contributed by atoms with Crippen LogP contribution in [0.5, 0.6) is 0 Å². The Morgan fingerprint density at radius 2 is 2.03 bits per heavy atom. The van der Waals surface area contributed by atoms with Crippen molar-refractivity contribution in [3.63, 3.8) is 0 Å². The minimum Gasteiger partial charge on any atom is -0.469 e. The zero-order valence-corrected chi connectivity index (χ0v) is 15.9. The second-order valence-corrected chi connectivity index (χ2v) is 7.62. The van der Waals surface area contributed by atoms with Crippen LogP contribution in [0.2, 0.25) is 0 Å². The average molecular weight is 398 g/mol. The highest BCUT2D eigenvalue weighted by molar-refractivity contribution is 6.01. The number of hydrogen-bond donors (Lipinski definition) is 2. The number of furan rings is 1. The number of hydrogen-bond acceptors (Lipinski definition) is 7. The van der Waals surface area contributed by atoms with Crippen molar-refractivity contribution in [1.29, 1.82) is 0 Å². The summed E-state index contributed by atoms with van der Waals surface area (Å²) >= 11 is 0. The summed E-state index contributed by atoms with van der Waals surface area (Å²) in [5.41, 5.74) is 9.28. The predicted molar refractivity (Wildman–Crippen MR) is 111 cm³/mol. The third-order valence-corrected chi connectivity index (χ3v) is 5.86. The van der Waals surface area contributed by atoms with Crippen LogP contribution in [0.15, 0.2) is 70.6 Å². The maximum absolute atomic E-state index is 13.4. The molecule has 0 radical (unpaired) electrons. The Bertz CT molecular complexity index is 1320. The van der Waals surface area contributed by atoms with Crippen LogP contribution in [0.4, 0.5) is 11.9 Å². The fraction of sp³-hybridized carbons (Fsp3) is 0.182. The average Bonchev–Trinajstić information content (AvgIpc) is 3.41. The van der Waals surface area contributed by atoms with Gasteiger partial charge in [0.25, 0.3) is 0 Å². The number of para-hydroxylation sites is 1. The van der Waals surface area contributed by atoms with Gasteiger partial charge in [0.2, 0.25) is 11.9 Å². The van der Waals surface area contributed by atoms with Gasteiger partial charge in [-0.05, 0) is 36.2 Å². The van der Waals surface area contributed by atoms with Gasteiger partial charge in [-0.15, -0.1) is 5.10 Å². The summed E-state index contributed by atoms with van der Waals surface area (Å²) in [4.78, 5) is 22.2. The molecule has 0 amide bonds. The first-order valence-corrected chi connectivity index (χ1v) is 9.81. The van der Waals surface area contributed by atoms with E-state index in [0.29, 0.717) is 24.4 Å². The number of nitrogens with one attached hydrogen (secondary N) is 1. The lowest BCUT2D eigenvalue weighted by molar-refractivity contribution is -0.116.